The minimum atomic E-state index is -0.788. The molecule has 0 bridgehead atoms. The molecule has 6 nitrogen and oxygen atoms in total. The van der Waals surface area contributed by atoms with Crippen molar-refractivity contribution in [3.63, 3.8) is 0 Å². The second-order valence-corrected chi connectivity index (χ2v) is 19.0. The second kappa shape index (κ2) is 54.7. The van der Waals surface area contributed by atoms with E-state index in [0.717, 1.165) is 70.6 Å². The number of rotatable bonds is 51. The molecule has 66 heavy (non-hydrogen) atoms. The third kappa shape index (κ3) is 52.1. The Labute approximate surface area is 409 Å². The van der Waals surface area contributed by atoms with Gasteiger partial charge in [0, 0.05) is 19.3 Å². The molecule has 0 rings (SSSR count). The summed E-state index contributed by atoms with van der Waals surface area (Å²) in [6.45, 7) is 6.50. The summed E-state index contributed by atoms with van der Waals surface area (Å²) in [7, 11) is 0. The Hall–Kier alpha value is -2.89. The molecule has 1 atom stereocenters. The van der Waals surface area contributed by atoms with E-state index in [1.165, 1.54) is 173 Å². The Kier molecular flexibility index (Phi) is 52.3. The first-order valence-electron chi connectivity index (χ1n) is 28.4. The zero-order chi connectivity index (χ0) is 47.9. The lowest BCUT2D eigenvalue weighted by atomic mass is 10.0. The summed E-state index contributed by atoms with van der Waals surface area (Å²) in [6, 6.07) is 0. The van der Waals surface area contributed by atoms with E-state index in [-0.39, 0.29) is 31.1 Å². The number of hydrogen-bond donors (Lipinski definition) is 0. The van der Waals surface area contributed by atoms with E-state index < -0.39 is 6.10 Å². The summed E-state index contributed by atoms with van der Waals surface area (Å²) in [6.07, 6.45) is 67.8. The number of unbranched alkanes of at least 4 members (excludes halogenated alkanes) is 34. The first kappa shape index (κ1) is 63.1. The molecular formula is C60H106O6. The predicted molar refractivity (Wildman–Crippen MR) is 284 cm³/mol. The van der Waals surface area contributed by atoms with Gasteiger partial charge >= 0.3 is 17.9 Å². The van der Waals surface area contributed by atoms with Gasteiger partial charge in [-0.1, -0.05) is 287 Å². The largest absolute Gasteiger partial charge is 0.462 e. The van der Waals surface area contributed by atoms with E-state index in [9.17, 15) is 14.4 Å². The topological polar surface area (TPSA) is 78.9 Å². The molecule has 0 aliphatic heterocycles. The molecular weight excluding hydrogens is 817 g/mol. The van der Waals surface area contributed by atoms with Gasteiger partial charge in [-0.25, -0.2) is 0 Å². The van der Waals surface area contributed by atoms with Gasteiger partial charge in [-0.15, -0.1) is 0 Å². The fourth-order valence-corrected chi connectivity index (χ4v) is 8.17. The summed E-state index contributed by atoms with van der Waals surface area (Å²) < 4.78 is 16.8. The van der Waals surface area contributed by atoms with Gasteiger partial charge in [-0.2, -0.15) is 0 Å². The lowest BCUT2D eigenvalue weighted by Gasteiger charge is -2.18. The Balaban J connectivity index is 4.40. The molecule has 0 saturated heterocycles. The second-order valence-electron chi connectivity index (χ2n) is 19.0. The number of allylic oxidation sites excluding steroid dienone is 10. The van der Waals surface area contributed by atoms with Gasteiger partial charge in [0.1, 0.15) is 13.2 Å². The molecule has 0 aliphatic carbocycles. The summed E-state index contributed by atoms with van der Waals surface area (Å²) in [5.74, 6) is -0.913. The van der Waals surface area contributed by atoms with Gasteiger partial charge in [0.15, 0.2) is 6.10 Å². The van der Waals surface area contributed by atoms with E-state index in [1.807, 2.05) is 42.5 Å². The molecule has 0 spiro atoms. The average molecular weight is 924 g/mol. The fraction of sp³-hybridized carbons (Fsp3) is 0.783. The Morgan fingerprint density at radius 1 is 0.318 bits per heavy atom. The van der Waals surface area contributed by atoms with Crippen LogP contribution < -0.4 is 0 Å². The molecule has 0 aliphatic rings. The minimum Gasteiger partial charge on any atom is -0.462 e. The van der Waals surface area contributed by atoms with Crippen molar-refractivity contribution in [1.29, 1.82) is 0 Å². The molecule has 0 aromatic heterocycles. The number of carbonyl (C=O) groups excluding carboxylic acids is 3. The van der Waals surface area contributed by atoms with Crippen molar-refractivity contribution < 1.29 is 28.6 Å². The van der Waals surface area contributed by atoms with Crippen LogP contribution >= 0.6 is 0 Å². The molecule has 0 amide bonds. The SMILES string of the molecule is CC\C=C/C=C\C=C/C=C\C=C/CCCCCC(=O)OCC(COC(=O)CCCCCCCCCCCCCCCCCCC)OC(=O)CCCCCCCCCCCCCCCCCC. The molecule has 0 N–H and O–H groups in total. The molecule has 6 heteroatoms. The van der Waals surface area contributed by atoms with Crippen LogP contribution in [0.15, 0.2) is 60.8 Å². The van der Waals surface area contributed by atoms with Gasteiger partial charge < -0.3 is 14.2 Å². The zero-order valence-electron chi connectivity index (χ0n) is 43.7. The highest BCUT2D eigenvalue weighted by molar-refractivity contribution is 5.71. The highest BCUT2D eigenvalue weighted by Gasteiger charge is 2.19. The molecule has 1 unspecified atom stereocenters. The van der Waals surface area contributed by atoms with Gasteiger partial charge in [-0.05, 0) is 38.5 Å². The molecule has 382 valence electrons. The van der Waals surface area contributed by atoms with E-state index in [2.05, 4.69) is 39.0 Å². The van der Waals surface area contributed by atoms with Gasteiger partial charge in [0.05, 0.1) is 0 Å². The summed E-state index contributed by atoms with van der Waals surface area (Å²) in [4.78, 5) is 38.1. The lowest BCUT2D eigenvalue weighted by molar-refractivity contribution is -0.167. The van der Waals surface area contributed by atoms with Crippen molar-refractivity contribution in [2.45, 2.75) is 290 Å². The van der Waals surface area contributed by atoms with Crippen LogP contribution in [0.4, 0.5) is 0 Å². The van der Waals surface area contributed by atoms with E-state index in [0.29, 0.717) is 19.3 Å². The monoisotopic (exact) mass is 923 g/mol. The van der Waals surface area contributed by atoms with Gasteiger partial charge in [0.2, 0.25) is 0 Å². The van der Waals surface area contributed by atoms with Crippen molar-refractivity contribution in [2.75, 3.05) is 13.2 Å². The standard InChI is InChI=1S/C60H106O6/c1-4-7-10-13-16-19-22-25-28-30-33-35-38-41-44-47-50-53-59(62)65-56-57(55-64-58(61)52-49-46-43-40-37-34-31-27-24-21-18-15-12-9-6-3)66-60(63)54-51-48-45-42-39-36-32-29-26-23-20-17-14-11-8-5-2/h9,12,15,18,21,24,27,31,34,37,57H,4-8,10-11,13-14,16-17,19-20,22-23,25-26,28-30,32-33,35-36,38-56H2,1-3H3/b12-9-,18-15-,24-21-,31-27-,37-34-. The van der Waals surface area contributed by atoms with Crippen LogP contribution in [0.3, 0.4) is 0 Å². The molecule has 0 aromatic rings. The van der Waals surface area contributed by atoms with Crippen molar-refractivity contribution in [3.05, 3.63) is 60.8 Å². The van der Waals surface area contributed by atoms with Crippen LogP contribution in [0.2, 0.25) is 0 Å². The number of esters is 3. The average Bonchev–Trinajstić information content (AvgIpc) is 3.31. The van der Waals surface area contributed by atoms with Crippen LogP contribution in [-0.4, -0.2) is 37.2 Å². The number of ether oxygens (including phenoxy) is 3. The lowest BCUT2D eigenvalue weighted by Crippen LogP contribution is -2.30. The van der Waals surface area contributed by atoms with Gasteiger partial charge in [0.25, 0.3) is 0 Å². The Morgan fingerprint density at radius 3 is 0.924 bits per heavy atom. The smallest absolute Gasteiger partial charge is 0.306 e. The maximum absolute atomic E-state index is 12.8. The van der Waals surface area contributed by atoms with E-state index >= 15 is 0 Å². The highest BCUT2D eigenvalue weighted by Crippen LogP contribution is 2.17. The predicted octanol–water partition coefficient (Wildman–Crippen LogP) is 18.8. The Bertz CT molecular complexity index is 1200. The Morgan fingerprint density at radius 2 is 0.591 bits per heavy atom. The maximum atomic E-state index is 12.8. The highest BCUT2D eigenvalue weighted by atomic mass is 16.6. The first-order valence-corrected chi connectivity index (χ1v) is 28.4. The van der Waals surface area contributed by atoms with Crippen LogP contribution in [0.1, 0.15) is 284 Å². The summed E-state index contributed by atoms with van der Waals surface area (Å²) >= 11 is 0. The third-order valence-corrected chi connectivity index (χ3v) is 12.4. The van der Waals surface area contributed by atoms with E-state index in [4.69, 9.17) is 14.2 Å². The number of carbonyl (C=O) groups is 3. The minimum absolute atomic E-state index is 0.0840. The van der Waals surface area contributed by atoms with Crippen LogP contribution in [0.25, 0.3) is 0 Å². The molecule has 0 saturated carbocycles. The summed E-state index contributed by atoms with van der Waals surface area (Å²) in [5.41, 5.74) is 0. The molecule has 0 fully saturated rings. The van der Waals surface area contributed by atoms with Crippen molar-refractivity contribution in [2.24, 2.45) is 0 Å². The van der Waals surface area contributed by atoms with Gasteiger partial charge in [-0.3, -0.25) is 14.4 Å². The maximum Gasteiger partial charge on any atom is 0.306 e. The van der Waals surface area contributed by atoms with Crippen LogP contribution in [0.5, 0.6) is 0 Å². The van der Waals surface area contributed by atoms with E-state index in [1.54, 1.807) is 0 Å². The normalized spacial score (nSPS) is 12.5. The molecule has 0 radical (unpaired) electrons. The fourth-order valence-electron chi connectivity index (χ4n) is 8.17. The molecule has 0 aromatic carbocycles. The summed E-state index contributed by atoms with van der Waals surface area (Å²) in [5, 5.41) is 0. The van der Waals surface area contributed by atoms with Crippen molar-refractivity contribution in [3.8, 4) is 0 Å². The zero-order valence-corrected chi connectivity index (χ0v) is 43.7. The van der Waals surface area contributed by atoms with Crippen molar-refractivity contribution in [1.82, 2.24) is 0 Å². The van der Waals surface area contributed by atoms with Crippen LogP contribution in [-0.2, 0) is 28.6 Å². The third-order valence-electron chi connectivity index (χ3n) is 12.4. The quantitative estimate of drug-likeness (QED) is 0.0262. The number of hydrogen-bond acceptors (Lipinski definition) is 6. The van der Waals surface area contributed by atoms with Crippen molar-refractivity contribution >= 4 is 17.9 Å². The van der Waals surface area contributed by atoms with Crippen LogP contribution in [0, 0.1) is 0 Å². The molecule has 0 heterocycles. The first-order chi connectivity index (χ1) is 32.5.